The van der Waals surface area contributed by atoms with Crippen LogP contribution in [0.1, 0.15) is 56.9 Å². The Morgan fingerprint density at radius 2 is 2.14 bits per heavy atom. The lowest BCUT2D eigenvalue weighted by Crippen LogP contribution is -2.40. The fourth-order valence-corrected chi connectivity index (χ4v) is 3.61. The molecular weight excluding hydrogens is 354 g/mol. The molecular formula is C20H33N7O. The van der Waals surface area contributed by atoms with Gasteiger partial charge >= 0.3 is 6.03 Å². The lowest BCUT2D eigenvalue weighted by Gasteiger charge is -2.27. The Morgan fingerprint density at radius 1 is 1.32 bits per heavy atom. The van der Waals surface area contributed by atoms with Crippen molar-refractivity contribution in [1.29, 1.82) is 0 Å². The van der Waals surface area contributed by atoms with Gasteiger partial charge in [0.2, 0.25) is 0 Å². The van der Waals surface area contributed by atoms with Crippen molar-refractivity contribution in [3.05, 3.63) is 35.7 Å². The van der Waals surface area contributed by atoms with Gasteiger partial charge in [-0.3, -0.25) is 9.58 Å². The molecule has 0 fully saturated rings. The molecule has 2 amide bonds. The number of carbonyl (C=O) groups excluding carboxylic acids is 1. The van der Waals surface area contributed by atoms with Gasteiger partial charge in [-0.2, -0.15) is 5.10 Å². The van der Waals surface area contributed by atoms with Crippen molar-refractivity contribution in [2.24, 2.45) is 13.0 Å². The van der Waals surface area contributed by atoms with Gasteiger partial charge in [-0.15, -0.1) is 0 Å². The molecule has 8 heteroatoms. The van der Waals surface area contributed by atoms with E-state index in [9.17, 15) is 4.79 Å². The first kappa shape index (κ1) is 20.4. The SMILES string of the molecule is CCCCN1CCn2nc(CNC(=O)NC(c3nccn3C)C(C)C)cc2C1. The minimum Gasteiger partial charge on any atom is -0.336 e. The van der Waals surface area contributed by atoms with Crippen LogP contribution in [0.4, 0.5) is 4.79 Å². The summed E-state index contributed by atoms with van der Waals surface area (Å²) in [6.07, 6.45) is 6.10. The van der Waals surface area contributed by atoms with Crippen LogP contribution in [0.25, 0.3) is 0 Å². The molecule has 1 aliphatic rings. The molecule has 28 heavy (non-hydrogen) atoms. The van der Waals surface area contributed by atoms with Gasteiger partial charge in [0.1, 0.15) is 5.82 Å². The third-order valence-electron chi connectivity index (χ3n) is 5.28. The summed E-state index contributed by atoms with van der Waals surface area (Å²) < 4.78 is 4.01. The summed E-state index contributed by atoms with van der Waals surface area (Å²) in [5.74, 6) is 1.09. The maximum atomic E-state index is 12.4. The minimum atomic E-state index is -0.197. The van der Waals surface area contributed by atoms with Gasteiger partial charge in [0.15, 0.2) is 0 Å². The molecule has 1 unspecified atom stereocenters. The second-order valence-corrected chi connectivity index (χ2v) is 7.92. The maximum absolute atomic E-state index is 12.4. The summed E-state index contributed by atoms with van der Waals surface area (Å²) >= 11 is 0. The van der Waals surface area contributed by atoms with E-state index < -0.39 is 0 Å². The summed E-state index contributed by atoms with van der Waals surface area (Å²) in [4.78, 5) is 19.3. The van der Waals surface area contributed by atoms with Crippen LogP contribution in [0.5, 0.6) is 0 Å². The van der Waals surface area contributed by atoms with Crippen molar-refractivity contribution in [3.63, 3.8) is 0 Å². The zero-order valence-electron chi connectivity index (χ0n) is 17.5. The van der Waals surface area contributed by atoms with Crippen molar-refractivity contribution >= 4 is 6.03 Å². The number of fused-ring (bicyclic) bond motifs is 1. The molecule has 0 saturated heterocycles. The predicted molar refractivity (Wildman–Crippen MR) is 109 cm³/mol. The van der Waals surface area contributed by atoms with Gasteiger partial charge in [-0.1, -0.05) is 27.2 Å². The van der Waals surface area contributed by atoms with Gasteiger partial charge < -0.3 is 15.2 Å². The highest BCUT2D eigenvalue weighted by Crippen LogP contribution is 2.19. The number of amides is 2. The van der Waals surface area contributed by atoms with E-state index in [0.29, 0.717) is 6.54 Å². The Balaban J connectivity index is 1.54. The molecule has 0 saturated carbocycles. The zero-order chi connectivity index (χ0) is 20.1. The number of nitrogens with one attached hydrogen (secondary N) is 2. The summed E-state index contributed by atoms with van der Waals surface area (Å²) in [5, 5.41) is 10.6. The molecule has 0 bridgehead atoms. The number of imidazole rings is 1. The quantitative estimate of drug-likeness (QED) is 0.729. The van der Waals surface area contributed by atoms with Crippen LogP contribution in [0, 0.1) is 5.92 Å². The highest BCUT2D eigenvalue weighted by Gasteiger charge is 2.22. The molecule has 0 spiro atoms. The molecule has 154 valence electrons. The molecule has 8 nitrogen and oxygen atoms in total. The van der Waals surface area contributed by atoms with E-state index in [0.717, 1.165) is 37.7 Å². The highest BCUT2D eigenvalue weighted by atomic mass is 16.2. The third kappa shape index (κ3) is 4.92. The number of hydrogen-bond donors (Lipinski definition) is 2. The number of aryl methyl sites for hydroxylation is 1. The second-order valence-electron chi connectivity index (χ2n) is 7.92. The van der Waals surface area contributed by atoms with Crippen LogP contribution in [-0.4, -0.2) is 43.4 Å². The van der Waals surface area contributed by atoms with Crippen molar-refractivity contribution in [3.8, 4) is 0 Å². The monoisotopic (exact) mass is 387 g/mol. The lowest BCUT2D eigenvalue weighted by atomic mass is 10.0. The fourth-order valence-electron chi connectivity index (χ4n) is 3.61. The number of rotatable bonds is 8. The Hall–Kier alpha value is -2.35. The molecule has 2 aromatic heterocycles. The van der Waals surface area contributed by atoms with Gasteiger partial charge in [0.05, 0.1) is 30.5 Å². The highest BCUT2D eigenvalue weighted by molar-refractivity contribution is 5.74. The summed E-state index contributed by atoms with van der Waals surface area (Å²) in [6.45, 7) is 10.8. The standard InChI is InChI=1S/C20H33N7O/c1-5-6-8-26-10-11-27-17(14-26)12-16(24-27)13-22-20(28)23-18(15(2)3)19-21-7-9-25(19)4/h7,9,12,15,18H,5-6,8,10-11,13-14H2,1-4H3,(H2,22,23,28). The third-order valence-corrected chi connectivity index (χ3v) is 5.28. The number of unbranched alkanes of at least 4 members (excludes halogenated alkanes) is 1. The van der Waals surface area contributed by atoms with E-state index in [4.69, 9.17) is 0 Å². The molecule has 0 radical (unpaired) electrons. The van der Waals surface area contributed by atoms with E-state index >= 15 is 0 Å². The number of aromatic nitrogens is 4. The van der Waals surface area contributed by atoms with Crippen molar-refractivity contribution in [1.82, 2.24) is 34.9 Å². The van der Waals surface area contributed by atoms with Gasteiger partial charge in [-0.05, 0) is 24.9 Å². The van der Waals surface area contributed by atoms with E-state index in [1.54, 1.807) is 6.20 Å². The number of nitrogens with zero attached hydrogens (tertiary/aromatic N) is 5. The second kappa shape index (κ2) is 9.23. The number of hydrogen-bond acceptors (Lipinski definition) is 4. The molecule has 3 heterocycles. The van der Waals surface area contributed by atoms with E-state index in [2.05, 4.69) is 57.1 Å². The predicted octanol–water partition coefficient (Wildman–Crippen LogP) is 2.43. The van der Waals surface area contributed by atoms with Crippen LogP contribution in [-0.2, 0) is 26.7 Å². The maximum Gasteiger partial charge on any atom is 0.315 e. The van der Waals surface area contributed by atoms with Crippen LogP contribution < -0.4 is 10.6 Å². The van der Waals surface area contributed by atoms with Crippen molar-refractivity contribution in [2.75, 3.05) is 13.1 Å². The molecule has 3 rings (SSSR count). The van der Waals surface area contributed by atoms with Gasteiger partial charge in [-0.25, -0.2) is 9.78 Å². The zero-order valence-corrected chi connectivity index (χ0v) is 17.5. The van der Waals surface area contributed by atoms with Crippen LogP contribution in [0.3, 0.4) is 0 Å². The molecule has 1 aliphatic heterocycles. The van der Waals surface area contributed by atoms with E-state index in [1.807, 2.05) is 17.8 Å². The lowest BCUT2D eigenvalue weighted by molar-refractivity contribution is 0.210. The smallest absolute Gasteiger partial charge is 0.315 e. The number of urea groups is 1. The average Bonchev–Trinajstić information content (AvgIpc) is 3.27. The molecule has 0 aliphatic carbocycles. The van der Waals surface area contributed by atoms with Crippen LogP contribution in [0.15, 0.2) is 18.5 Å². The first-order chi connectivity index (χ1) is 13.5. The summed E-state index contributed by atoms with van der Waals surface area (Å²) in [7, 11) is 1.94. The van der Waals surface area contributed by atoms with E-state index in [1.165, 1.54) is 18.5 Å². The Bertz CT molecular complexity index is 779. The fraction of sp³-hybridized carbons (Fsp3) is 0.650. The average molecular weight is 388 g/mol. The largest absolute Gasteiger partial charge is 0.336 e. The molecule has 2 aromatic rings. The normalized spacial score (nSPS) is 15.5. The topological polar surface area (TPSA) is 80.0 Å². The minimum absolute atomic E-state index is 0.137. The first-order valence-electron chi connectivity index (χ1n) is 10.3. The van der Waals surface area contributed by atoms with Gasteiger partial charge in [0.25, 0.3) is 0 Å². The molecule has 2 N–H and O–H groups in total. The van der Waals surface area contributed by atoms with Gasteiger partial charge in [0, 0.05) is 32.5 Å². The molecule has 0 aromatic carbocycles. The van der Waals surface area contributed by atoms with Crippen LogP contribution in [0.2, 0.25) is 0 Å². The summed E-state index contributed by atoms with van der Waals surface area (Å²) in [6, 6.07) is 1.77. The molecule has 1 atom stereocenters. The Kier molecular flexibility index (Phi) is 6.72. The van der Waals surface area contributed by atoms with Crippen molar-refractivity contribution in [2.45, 2.75) is 59.3 Å². The first-order valence-corrected chi connectivity index (χ1v) is 10.3. The van der Waals surface area contributed by atoms with Crippen molar-refractivity contribution < 1.29 is 4.79 Å². The van der Waals surface area contributed by atoms with E-state index in [-0.39, 0.29) is 18.0 Å². The van der Waals surface area contributed by atoms with Crippen LogP contribution >= 0.6 is 0 Å². The Labute approximate surface area is 167 Å². The number of carbonyl (C=O) groups is 1. The Morgan fingerprint density at radius 3 is 2.82 bits per heavy atom. The summed E-state index contributed by atoms with van der Waals surface area (Å²) in [5.41, 5.74) is 2.13.